The van der Waals surface area contributed by atoms with Gasteiger partial charge < -0.3 is 5.73 Å². The van der Waals surface area contributed by atoms with Gasteiger partial charge in [0.15, 0.2) is 0 Å². The van der Waals surface area contributed by atoms with Crippen LogP contribution in [-0.2, 0) is 26.5 Å². The van der Waals surface area contributed by atoms with Crippen molar-refractivity contribution >= 4 is 31.4 Å². The van der Waals surface area contributed by atoms with Crippen LogP contribution in [0.15, 0.2) is 16.3 Å². The quantitative estimate of drug-likeness (QED) is 0.567. The summed E-state index contributed by atoms with van der Waals surface area (Å²) in [5.41, 5.74) is 5.70. The average Bonchev–Trinajstić information content (AvgIpc) is 3.16. The minimum absolute atomic E-state index is 0.0324. The van der Waals surface area contributed by atoms with Gasteiger partial charge in [-0.05, 0) is 50.8 Å². The molecule has 1 saturated carbocycles. The van der Waals surface area contributed by atoms with Gasteiger partial charge in [-0.15, -0.1) is 11.3 Å². The lowest BCUT2D eigenvalue weighted by molar-refractivity contribution is 0.453. The average molecular weight is 396 g/mol. The van der Waals surface area contributed by atoms with Crippen molar-refractivity contribution in [2.75, 3.05) is 18.8 Å². The van der Waals surface area contributed by atoms with E-state index in [1.54, 1.807) is 19.1 Å². The standard InChI is InChI=1S/C14H25N3O4S3/c1-2-23(18,19)16-9-8-12-6-7-14(22-12)24(20,21)17-13-5-3-4-11(13)10-15/h6-7,11,13,16-17H,2-5,8-10,15H2,1H3. The molecule has 2 rings (SSSR count). The van der Waals surface area contributed by atoms with E-state index in [1.165, 1.54) is 11.3 Å². The third-order valence-electron chi connectivity index (χ3n) is 4.24. The number of hydrogen-bond acceptors (Lipinski definition) is 6. The molecule has 0 spiro atoms. The lowest BCUT2D eigenvalue weighted by Gasteiger charge is -2.18. The fourth-order valence-corrected chi connectivity index (χ4v) is 6.13. The Labute approximate surface area is 148 Å². The zero-order valence-electron chi connectivity index (χ0n) is 13.7. The fourth-order valence-electron chi connectivity index (χ4n) is 2.80. The Morgan fingerprint density at radius 3 is 2.67 bits per heavy atom. The van der Waals surface area contributed by atoms with Crippen LogP contribution in [0.25, 0.3) is 0 Å². The first-order chi connectivity index (χ1) is 11.3. The summed E-state index contributed by atoms with van der Waals surface area (Å²) >= 11 is 1.17. The number of nitrogens with one attached hydrogen (secondary N) is 2. The number of thiophene rings is 1. The smallest absolute Gasteiger partial charge is 0.250 e. The number of sulfonamides is 2. The van der Waals surface area contributed by atoms with E-state index in [2.05, 4.69) is 9.44 Å². The summed E-state index contributed by atoms with van der Waals surface area (Å²) in [6, 6.07) is 3.21. The Morgan fingerprint density at radius 1 is 1.25 bits per heavy atom. The number of rotatable bonds is 9. The molecule has 138 valence electrons. The minimum atomic E-state index is -3.55. The van der Waals surface area contributed by atoms with E-state index in [-0.39, 0.29) is 28.5 Å². The van der Waals surface area contributed by atoms with Crippen molar-refractivity contribution in [3.8, 4) is 0 Å². The maximum atomic E-state index is 12.5. The molecule has 1 aromatic rings. The van der Waals surface area contributed by atoms with Gasteiger partial charge in [-0.25, -0.2) is 26.3 Å². The summed E-state index contributed by atoms with van der Waals surface area (Å²) < 4.78 is 53.3. The Morgan fingerprint density at radius 2 is 2.00 bits per heavy atom. The van der Waals surface area contributed by atoms with E-state index >= 15 is 0 Å². The Hall–Kier alpha value is -0.520. The van der Waals surface area contributed by atoms with E-state index < -0.39 is 20.0 Å². The molecule has 7 nitrogen and oxygen atoms in total. The zero-order chi connectivity index (χ0) is 17.8. The lowest BCUT2D eigenvalue weighted by Crippen LogP contribution is -2.39. The third-order valence-corrected chi connectivity index (χ3v) is 8.77. The molecule has 1 heterocycles. The third kappa shape index (κ3) is 5.24. The van der Waals surface area contributed by atoms with Crippen LogP contribution in [0.2, 0.25) is 0 Å². The van der Waals surface area contributed by atoms with Crippen LogP contribution in [0.3, 0.4) is 0 Å². The second-order valence-electron chi connectivity index (χ2n) is 5.92. The Balaban J connectivity index is 1.96. The van der Waals surface area contributed by atoms with Gasteiger partial charge in [0.25, 0.3) is 0 Å². The molecular weight excluding hydrogens is 370 g/mol. The second-order valence-corrected chi connectivity index (χ2v) is 11.1. The Kier molecular flexibility index (Phi) is 6.80. The van der Waals surface area contributed by atoms with Crippen molar-refractivity contribution in [1.29, 1.82) is 0 Å². The van der Waals surface area contributed by atoms with Gasteiger partial charge in [0, 0.05) is 17.5 Å². The summed E-state index contributed by atoms with van der Waals surface area (Å²) in [7, 11) is -6.77. The molecule has 24 heavy (non-hydrogen) atoms. The van der Waals surface area contributed by atoms with Crippen molar-refractivity contribution in [3.63, 3.8) is 0 Å². The van der Waals surface area contributed by atoms with Crippen molar-refractivity contribution in [3.05, 3.63) is 17.0 Å². The van der Waals surface area contributed by atoms with Crippen molar-refractivity contribution in [2.24, 2.45) is 11.7 Å². The molecule has 4 N–H and O–H groups in total. The summed E-state index contributed by atoms with van der Waals surface area (Å²) in [5, 5.41) is 0. The highest BCUT2D eigenvalue weighted by Gasteiger charge is 2.30. The van der Waals surface area contributed by atoms with Gasteiger partial charge in [-0.3, -0.25) is 0 Å². The molecule has 2 unspecified atom stereocenters. The van der Waals surface area contributed by atoms with Crippen LogP contribution < -0.4 is 15.2 Å². The molecule has 0 radical (unpaired) electrons. The normalized spacial score (nSPS) is 22.1. The summed E-state index contributed by atoms with van der Waals surface area (Å²) in [6.45, 7) is 2.32. The SMILES string of the molecule is CCS(=O)(=O)NCCc1ccc(S(=O)(=O)NC2CCCC2CN)s1. The molecule has 10 heteroatoms. The van der Waals surface area contributed by atoms with E-state index in [9.17, 15) is 16.8 Å². The molecule has 1 fully saturated rings. The molecule has 0 aromatic carbocycles. The lowest BCUT2D eigenvalue weighted by atomic mass is 10.1. The molecule has 0 bridgehead atoms. The minimum Gasteiger partial charge on any atom is -0.330 e. The highest BCUT2D eigenvalue weighted by molar-refractivity contribution is 7.91. The highest BCUT2D eigenvalue weighted by atomic mass is 32.2. The molecule has 2 atom stereocenters. The van der Waals surface area contributed by atoms with Crippen molar-refractivity contribution in [1.82, 2.24) is 9.44 Å². The molecule has 1 aliphatic carbocycles. The largest absolute Gasteiger partial charge is 0.330 e. The molecule has 0 amide bonds. The first-order valence-corrected chi connectivity index (χ1v) is 12.0. The molecule has 0 aliphatic heterocycles. The summed E-state index contributed by atoms with van der Waals surface area (Å²) in [5.74, 6) is 0.229. The van der Waals surface area contributed by atoms with E-state index in [0.29, 0.717) is 13.0 Å². The predicted octanol–water partition coefficient (Wildman–Crippen LogP) is 0.636. The highest BCUT2D eigenvalue weighted by Crippen LogP contribution is 2.28. The van der Waals surface area contributed by atoms with Crippen LogP contribution in [0, 0.1) is 5.92 Å². The first-order valence-electron chi connectivity index (χ1n) is 8.06. The van der Waals surface area contributed by atoms with Gasteiger partial charge in [0.2, 0.25) is 20.0 Å². The Bertz CT molecular complexity index is 743. The van der Waals surface area contributed by atoms with Gasteiger partial charge in [-0.2, -0.15) is 0 Å². The predicted molar refractivity (Wildman–Crippen MR) is 96.0 cm³/mol. The van der Waals surface area contributed by atoms with Gasteiger partial charge in [0.05, 0.1) is 5.75 Å². The van der Waals surface area contributed by atoms with Gasteiger partial charge in [0.1, 0.15) is 4.21 Å². The summed E-state index contributed by atoms with van der Waals surface area (Å²) in [6.07, 6.45) is 3.23. The topological polar surface area (TPSA) is 118 Å². The summed E-state index contributed by atoms with van der Waals surface area (Å²) in [4.78, 5) is 0.830. The molecule has 0 saturated heterocycles. The maximum Gasteiger partial charge on any atom is 0.250 e. The van der Waals surface area contributed by atoms with Crippen LogP contribution in [0.5, 0.6) is 0 Å². The molecule has 1 aromatic heterocycles. The van der Waals surface area contributed by atoms with Crippen LogP contribution in [0.4, 0.5) is 0 Å². The van der Waals surface area contributed by atoms with Crippen LogP contribution in [0.1, 0.15) is 31.1 Å². The van der Waals surface area contributed by atoms with E-state index in [4.69, 9.17) is 5.73 Å². The molecular formula is C14H25N3O4S3. The van der Waals surface area contributed by atoms with Crippen molar-refractivity contribution < 1.29 is 16.8 Å². The van der Waals surface area contributed by atoms with Crippen molar-refractivity contribution in [2.45, 2.75) is 42.9 Å². The fraction of sp³-hybridized carbons (Fsp3) is 0.714. The van der Waals surface area contributed by atoms with E-state index in [0.717, 1.165) is 24.1 Å². The number of hydrogen-bond donors (Lipinski definition) is 3. The zero-order valence-corrected chi connectivity index (χ0v) is 16.1. The van der Waals surface area contributed by atoms with Crippen LogP contribution in [-0.4, -0.2) is 41.7 Å². The van der Waals surface area contributed by atoms with Gasteiger partial charge >= 0.3 is 0 Å². The van der Waals surface area contributed by atoms with E-state index in [1.807, 2.05) is 0 Å². The number of nitrogens with two attached hydrogens (primary N) is 1. The monoisotopic (exact) mass is 395 g/mol. The maximum absolute atomic E-state index is 12.5. The second kappa shape index (κ2) is 8.24. The first kappa shape index (κ1) is 19.8. The van der Waals surface area contributed by atoms with Crippen LogP contribution >= 0.6 is 11.3 Å². The molecule has 1 aliphatic rings. The van der Waals surface area contributed by atoms with Gasteiger partial charge in [-0.1, -0.05) is 6.42 Å².